The SMILES string of the molecule is CC(C)(C)[Si](C)(C)OC[C@H]1O[C@H](O)[C@@H](O)[C@@H](O)[C@@H]1OS(C)(=O)=O. The van der Waals surface area contributed by atoms with Crippen molar-refractivity contribution in [3.05, 3.63) is 0 Å². The van der Waals surface area contributed by atoms with Crippen LogP contribution in [0, 0.1) is 0 Å². The van der Waals surface area contributed by atoms with Gasteiger partial charge >= 0.3 is 0 Å². The summed E-state index contributed by atoms with van der Waals surface area (Å²) in [6, 6.07) is 0. The van der Waals surface area contributed by atoms with Gasteiger partial charge in [0, 0.05) is 0 Å². The Kier molecular flexibility index (Phi) is 6.42. The maximum absolute atomic E-state index is 11.4. The first-order valence-electron chi connectivity index (χ1n) is 7.37. The van der Waals surface area contributed by atoms with E-state index in [0.29, 0.717) is 0 Å². The molecule has 3 N–H and O–H groups in total. The second kappa shape index (κ2) is 7.04. The summed E-state index contributed by atoms with van der Waals surface area (Å²) in [5.41, 5.74) is 0. The lowest BCUT2D eigenvalue weighted by Crippen LogP contribution is -2.60. The van der Waals surface area contributed by atoms with Crippen LogP contribution in [0.3, 0.4) is 0 Å². The summed E-state index contributed by atoms with van der Waals surface area (Å²) < 4.78 is 38.7. The van der Waals surface area contributed by atoms with Gasteiger partial charge in [-0.2, -0.15) is 8.42 Å². The molecule has 0 unspecified atom stereocenters. The van der Waals surface area contributed by atoms with Crippen molar-refractivity contribution in [2.75, 3.05) is 12.9 Å². The highest BCUT2D eigenvalue weighted by molar-refractivity contribution is 7.86. The first-order valence-corrected chi connectivity index (χ1v) is 12.1. The van der Waals surface area contributed by atoms with E-state index in [1.54, 1.807) is 0 Å². The predicted molar refractivity (Wildman–Crippen MR) is 85.8 cm³/mol. The van der Waals surface area contributed by atoms with E-state index in [-0.39, 0.29) is 11.6 Å². The highest BCUT2D eigenvalue weighted by atomic mass is 32.2. The molecule has 23 heavy (non-hydrogen) atoms. The normalized spacial score (nSPS) is 33.7. The molecule has 0 aromatic carbocycles. The van der Waals surface area contributed by atoms with Gasteiger partial charge in [0.25, 0.3) is 10.1 Å². The monoisotopic (exact) mass is 372 g/mol. The van der Waals surface area contributed by atoms with Crippen LogP contribution in [0.1, 0.15) is 20.8 Å². The highest BCUT2D eigenvalue weighted by Crippen LogP contribution is 2.37. The van der Waals surface area contributed by atoms with Crippen LogP contribution >= 0.6 is 0 Å². The number of ether oxygens (including phenoxy) is 1. The van der Waals surface area contributed by atoms with E-state index in [0.717, 1.165) is 6.26 Å². The average molecular weight is 373 g/mol. The van der Waals surface area contributed by atoms with Gasteiger partial charge in [-0.1, -0.05) is 20.8 Å². The summed E-state index contributed by atoms with van der Waals surface area (Å²) in [4.78, 5) is 0. The molecule has 0 aliphatic carbocycles. The second-order valence-electron chi connectivity index (χ2n) is 7.38. The van der Waals surface area contributed by atoms with Crippen LogP contribution in [-0.4, -0.2) is 75.6 Å². The highest BCUT2D eigenvalue weighted by Gasteiger charge is 2.47. The minimum Gasteiger partial charge on any atom is -0.414 e. The molecule has 0 saturated carbocycles. The Hall–Kier alpha value is -0.0731. The number of hydrogen-bond donors (Lipinski definition) is 3. The van der Waals surface area contributed by atoms with Gasteiger partial charge in [-0.05, 0) is 18.1 Å². The summed E-state index contributed by atoms with van der Waals surface area (Å²) in [7, 11) is -6.04. The number of aliphatic hydroxyl groups is 3. The zero-order valence-corrected chi connectivity index (χ0v) is 16.2. The van der Waals surface area contributed by atoms with Crippen LogP contribution in [0.15, 0.2) is 0 Å². The minimum absolute atomic E-state index is 0.0580. The lowest BCUT2D eigenvalue weighted by molar-refractivity contribution is -0.280. The standard InChI is InChI=1S/C13H28O8SSi/c1-13(2,3)23(5,6)19-7-8-11(21-22(4,17)18)9(14)10(15)12(16)20-8/h8-12,14-16H,7H2,1-6H3/t8-,9-,10+,11-,12+/m1/s1. The van der Waals surface area contributed by atoms with E-state index in [4.69, 9.17) is 13.3 Å². The molecule has 0 radical (unpaired) electrons. The topological polar surface area (TPSA) is 123 Å². The van der Waals surface area contributed by atoms with Gasteiger partial charge in [0.1, 0.15) is 24.4 Å². The molecule has 1 aliphatic heterocycles. The van der Waals surface area contributed by atoms with Crippen LogP contribution in [0.5, 0.6) is 0 Å². The molecule has 10 heteroatoms. The van der Waals surface area contributed by atoms with Gasteiger partial charge in [-0.15, -0.1) is 0 Å². The van der Waals surface area contributed by atoms with Gasteiger partial charge in [0.2, 0.25) is 0 Å². The minimum atomic E-state index is -3.89. The van der Waals surface area contributed by atoms with Crippen molar-refractivity contribution in [3.8, 4) is 0 Å². The van der Waals surface area contributed by atoms with Crippen LogP contribution in [0.2, 0.25) is 18.1 Å². The molecule has 1 fully saturated rings. The van der Waals surface area contributed by atoms with E-state index in [1.807, 2.05) is 33.9 Å². The second-order valence-corrected chi connectivity index (χ2v) is 13.8. The van der Waals surface area contributed by atoms with Crippen molar-refractivity contribution in [1.82, 2.24) is 0 Å². The van der Waals surface area contributed by atoms with E-state index >= 15 is 0 Å². The third-order valence-corrected chi connectivity index (χ3v) is 9.43. The first-order chi connectivity index (χ1) is 10.2. The van der Waals surface area contributed by atoms with Gasteiger partial charge < -0.3 is 24.5 Å². The average Bonchev–Trinajstić information content (AvgIpc) is 2.35. The predicted octanol–water partition coefficient (Wildman–Crippen LogP) is -0.208. The molecule has 0 aromatic heterocycles. The zero-order valence-electron chi connectivity index (χ0n) is 14.4. The molecule has 1 saturated heterocycles. The fourth-order valence-electron chi connectivity index (χ4n) is 1.88. The van der Waals surface area contributed by atoms with Crippen molar-refractivity contribution >= 4 is 18.4 Å². The van der Waals surface area contributed by atoms with E-state index in [1.165, 1.54) is 0 Å². The Balaban J connectivity index is 2.91. The zero-order chi connectivity index (χ0) is 18.2. The quantitative estimate of drug-likeness (QED) is 0.448. The van der Waals surface area contributed by atoms with Crippen molar-refractivity contribution in [1.29, 1.82) is 0 Å². The Morgan fingerprint density at radius 3 is 2.09 bits per heavy atom. The van der Waals surface area contributed by atoms with Gasteiger partial charge in [-0.25, -0.2) is 0 Å². The van der Waals surface area contributed by atoms with Crippen LogP contribution in [-0.2, 0) is 23.5 Å². The van der Waals surface area contributed by atoms with Crippen molar-refractivity contribution < 1.29 is 37.1 Å². The van der Waals surface area contributed by atoms with Crippen molar-refractivity contribution in [2.45, 2.75) is 69.6 Å². The molecule has 0 spiro atoms. The number of hydrogen-bond acceptors (Lipinski definition) is 8. The maximum Gasteiger partial charge on any atom is 0.264 e. The van der Waals surface area contributed by atoms with Crippen molar-refractivity contribution in [3.63, 3.8) is 0 Å². The molecule has 138 valence electrons. The van der Waals surface area contributed by atoms with Gasteiger partial charge in [-0.3, -0.25) is 4.18 Å². The third kappa shape index (κ3) is 5.46. The Labute approximate surface area is 138 Å². The van der Waals surface area contributed by atoms with Gasteiger partial charge in [0.05, 0.1) is 12.9 Å². The van der Waals surface area contributed by atoms with Crippen LogP contribution in [0.4, 0.5) is 0 Å². The fourth-order valence-corrected chi connectivity index (χ4v) is 3.54. The fraction of sp³-hybridized carbons (Fsp3) is 1.00. The Bertz CT molecular complexity index is 501. The molecule has 0 amide bonds. The molecular weight excluding hydrogens is 344 g/mol. The summed E-state index contributed by atoms with van der Waals surface area (Å²) >= 11 is 0. The summed E-state index contributed by atoms with van der Waals surface area (Å²) in [5.74, 6) is 0. The van der Waals surface area contributed by atoms with E-state index in [2.05, 4.69) is 0 Å². The largest absolute Gasteiger partial charge is 0.414 e. The Morgan fingerprint density at radius 2 is 1.65 bits per heavy atom. The number of rotatable bonds is 5. The summed E-state index contributed by atoms with van der Waals surface area (Å²) in [6.07, 6.45) is -6.45. The third-order valence-electron chi connectivity index (χ3n) is 4.36. The lowest BCUT2D eigenvalue weighted by Gasteiger charge is -2.42. The molecule has 8 nitrogen and oxygen atoms in total. The summed E-state index contributed by atoms with van der Waals surface area (Å²) in [6.45, 7) is 10.1. The first kappa shape index (κ1) is 21.0. The smallest absolute Gasteiger partial charge is 0.264 e. The molecule has 1 heterocycles. The molecule has 0 aromatic rings. The molecule has 5 atom stereocenters. The van der Waals surface area contributed by atoms with E-state index < -0.39 is 49.1 Å². The van der Waals surface area contributed by atoms with Crippen LogP contribution < -0.4 is 0 Å². The van der Waals surface area contributed by atoms with Gasteiger partial charge in [0.15, 0.2) is 14.6 Å². The lowest BCUT2D eigenvalue weighted by atomic mass is 9.99. The molecule has 0 bridgehead atoms. The van der Waals surface area contributed by atoms with Crippen molar-refractivity contribution in [2.24, 2.45) is 0 Å². The summed E-state index contributed by atoms with van der Waals surface area (Å²) in [5, 5.41) is 29.2. The van der Waals surface area contributed by atoms with Crippen LogP contribution in [0.25, 0.3) is 0 Å². The molecular formula is C13H28O8SSi. The van der Waals surface area contributed by atoms with E-state index in [9.17, 15) is 23.7 Å². The Morgan fingerprint density at radius 1 is 1.13 bits per heavy atom. The maximum atomic E-state index is 11.4. The molecule has 1 aliphatic rings. The molecule has 1 rings (SSSR count). The number of aliphatic hydroxyl groups excluding tert-OH is 3.